The number of rotatable bonds is 9. The van der Waals surface area contributed by atoms with Crippen LogP contribution in [0.25, 0.3) is 0 Å². The van der Waals surface area contributed by atoms with E-state index in [2.05, 4.69) is 11.4 Å². The molecule has 172 valence electrons. The van der Waals surface area contributed by atoms with E-state index in [1.807, 2.05) is 87.5 Å². The van der Waals surface area contributed by atoms with Crippen molar-refractivity contribution in [3.63, 3.8) is 0 Å². The Morgan fingerprint density at radius 2 is 1.55 bits per heavy atom. The molecule has 5 heteroatoms. The minimum atomic E-state index is -0.660. The lowest BCUT2D eigenvalue weighted by Gasteiger charge is -2.31. The Morgan fingerprint density at radius 3 is 2.18 bits per heavy atom. The van der Waals surface area contributed by atoms with Crippen molar-refractivity contribution in [3.05, 3.63) is 101 Å². The van der Waals surface area contributed by atoms with Gasteiger partial charge in [-0.2, -0.15) is 0 Å². The molecule has 33 heavy (non-hydrogen) atoms. The monoisotopic (exact) mass is 444 g/mol. The van der Waals surface area contributed by atoms with E-state index >= 15 is 0 Å². The van der Waals surface area contributed by atoms with E-state index in [4.69, 9.17) is 4.74 Å². The predicted molar refractivity (Wildman–Crippen MR) is 131 cm³/mol. The van der Waals surface area contributed by atoms with Crippen molar-refractivity contribution in [1.29, 1.82) is 0 Å². The highest BCUT2D eigenvalue weighted by atomic mass is 16.5. The summed E-state index contributed by atoms with van der Waals surface area (Å²) in [4.78, 5) is 28.1. The fourth-order valence-corrected chi connectivity index (χ4v) is 3.94. The predicted octanol–water partition coefficient (Wildman–Crippen LogP) is 4.38. The number of carbonyl (C=O) groups excluding carboxylic acids is 2. The number of aryl methyl sites for hydroxylation is 3. The molecule has 3 aromatic carbocycles. The standard InChI is InChI=1S/C28H32N2O3/c1-20-14-21(2)16-25(15-20)33-19-27(31)30(18-24-13-9-8-10-22(24)3)26(28(32)29-4)17-23-11-6-5-7-12-23/h5-16,26H,17-19H2,1-4H3,(H,29,32)/t26-/m1/s1. The van der Waals surface area contributed by atoms with Crippen molar-refractivity contribution < 1.29 is 14.3 Å². The summed E-state index contributed by atoms with van der Waals surface area (Å²) < 4.78 is 5.87. The molecular weight excluding hydrogens is 412 g/mol. The topological polar surface area (TPSA) is 58.6 Å². The molecule has 0 spiro atoms. The van der Waals surface area contributed by atoms with E-state index in [1.165, 1.54) is 0 Å². The Hall–Kier alpha value is -3.60. The average Bonchev–Trinajstić information content (AvgIpc) is 2.80. The Balaban J connectivity index is 1.89. The molecule has 0 unspecified atom stereocenters. The summed E-state index contributed by atoms with van der Waals surface area (Å²) in [5, 5.41) is 2.74. The molecule has 0 aliphatic rings. The highest BCUT2D eigenvalue weighted by Gasteiger charge is 2.30. The Labute approximate surface area is 196 Å². The normalized spacial score (nSPS) is 11.5. The Morgan fingerprint density at radius 1 is 0.909 bits per heavy atom. The molecule has 3 rings (SSSR count). The fourth-order valence-electron chi connectivity index (χ4n) is 3.94. The zero-order valence-electron chi connectivity index (χ0n) is 19.8. The second-order valence-electron chi connectivity index (χ2n) is 8.38. The van der Waals surface area contributed by atoms with Gasteiger partial charge in [-0.1, -0.05) is 60.7 Å². The zero-order valence-corrected chi connectivity index (χ0v) is 19.8. The third-order valence-electron chi connectivity index (χ3n) is 5.68. The van der Waals surface area contributed by atoms with Crippen molar-refractivity contribution in [1.82, 2.24) is 10.2 Å². The van der Waals surface area contributed by atoms with Crippen molar-refractivity contribution in [3.8, 4) is 5.75 Å². The molecule has 0 radical (unpaired) electrons. The number of nitrogens with zero attached hydrogens (tertiary/aromatic N) is 1. The van der Waals surface area contributed by atoms with Gasteiger partial charge < -0.3 is 15.0 Å². The van der Waals surface area contributed by atoms with E-state index in [0.717, 1.165) is 27.8 Å². The maximum atomic E-state index is 13.5. The molecule has 5 nitrogen and oxygen atoms in total. The van der Waals surface area contributed by atoms with Crippen molar-refractivity contribution in [2.24, 2.45) is 0 Å². The number of ether oxygens (including phenoxy) is 1. The van der Waals surface area contributed by atoms with Crippen LogP contribution in [0, 0.1) is 20.8 Å². The highest BCUT2D eigenvalue weighted by Crippen LogP contribution is 2.19. The first-order valence-electron chi connectivity index (χ1n) is 11.2. The molecule has 1 N–H and O–H groups in total. The first kappa shape index (κ1) is 24.1. The number of carbonyl (C=O) groups is 2. The molecule has 0 aromatic heterocycles. The first-order chi connectivity index (χ1) is 15.9. The van der Waals surface area contributed by atoms with Crippen molar-refractivity contribution in [2.75, 3.05) is 13.7 Å². The molecule has 0 bridgehead atoms. The molecule has 2 amide bonds. The molecule has 3 aromatic rings. The van der Waals surface area contributed by atoms with Crippen LogP contribution in [0.2, 0.25) is 0 Å². The number of likely N-dealkylation sites (N-methyl/N-ethyl adjacent to an activating group) is 1. The van der Waals surface area contributed by atoms with Crippen LogP contribution < -0.4 is 10.1 Å². The van der Waals surface area contributed by atoms with Gasteiger partial charge in [-0.25, -0.2) is 0 Å². The lowest BCUT2D eigenvalue weighted by Crippen LogP contribution is -2.51. The van der Waals surface area contributed by atoms with Crippen molar-refractivity contribution >= 4 is 11.8 Å². The van der Waals surface area contributed by atoms with Crippen LogP contribution in [0.5, 0.6) is 5.75 Å². The first-order valence-corrected chi connectivity index (χ1v) is 11.2. The zero-order chi connectivity index (χ0) is 23.8. The van der Waals surface area contributed by atoms with Gasteiger partial charge in [0.1, 0.15) is 11.8 Å². The maximum absolute atomic E-state index is 13.5. The van der Waals surface area contributed by atoms with Gasteiger partial charge in [-0.3, -0.25) is 9.59 Å². The van der Waals surface area contributed by atoms with E-state index in [0.29, 0.717) is 18.7 Å². The van der Waals surface area contributed by atoms with Crippen molar-refractivity contribution in [2.45, 2.75) is 39.8 Å². The molecule has 0 aliphatic carbocycles. The minimum Gasteiger partial charge on any atom is -0.484 e. The highest BCUT2D eigenvalue weighted by molar-refractivity contribution is 5.88. The van der Waals surface area contributed by atoms with Crippen LogP contribution in [-0.2, 0) is 22.6 Å². The molecule has 0 fully saturated rings. The second kappa shape index (κ2) is 11.3. The number of amides is 2. The second-order valence-corrected chi connectivity index (χ2v) is 8.38. The van der Waals surface area contributed by atoms with Gasteiger partial charge in [-0.15, -0.1) is 0 Å². The average molecular weight is 445 g/mol. The molecule has 0 saturated carbocycles. The number of hydrogen-bond acceptors (Lipinski definition) is 3. The lowest BCUT2D eigenvalue weighted by molar-refractivity contribution is -0.142. The van der Waals surface area contributed by atoms with Crippen LogP contribution in [0.1, 0.15) is 27.8 Å². The van der Waals surface area contributed by atoms with Gasteiger partial charge in [0.25, 0.3) is 5.91 Å². The van der Waals surface area contributed by atoms with E-state index in [9.17, 15) is 9.59 Å². The third kappa shape index (κ3) is 6.69. The van der Waals surface area contributed by atoms with Crippen LogP contribution in [0.3, 0.4) is 0 Å². The largest absolute Gasteiger partial charge is 0.484 e. The molecule has 0 heterocycles. The van der Waals surface area contributed by atoms with Crippen LogP contribution in [0.4, 0.5) is 0 Å². The summed E-state index contributed by atoms with van der Waals surface area (Å²) in [6.07, 6.45) is 0.418. The molecule has 0 saturated heterocycles. The van der Waals surface area contributed by atoms with Gasteiger partial charge in [0.2, 0.25) is 5.91 Å². The Bertz CT molecular complexity index is 1080. The minimum absolute atomic E-state index is 0.142. The van der Waals surface area contributed by atoms with Gasteiger partial charge in [-0.05, 0) is 60.7 Å². The summed E-state index contributed by atoms with van der Waals surface area (Å²) in [6.45, 7) is 6.18. The van der Waals surface area contributed by atoms with Gasteiger partial charge >= 0.3 is 0 Å². The lowest BCUT2D eigenvalue weighted by atomic mass is 10.0. The maximum Gasteiger partial charge on any atom is 0.261 e. The summed E-state index contributed by atoms with van der Waals surface area (Å²) >= 11 is 0. The SMILES string of the molecule is CNC(=O)[C@@H](Cc1ccccc1)N(Cc1ccccc1C)C(=O)COc1cc(C)cc(C)c1. The summed E-state index contributed by atoms with van der Waals surface area (Å²) in [7, 11) is 1.60. The van der Waals surface area contributed by atoms with Crippen LogP contribution in [0.15, 0.2) is 72.8 Å². The van der Waals surface area contributed by atoms with Crippen LogP contribution >= 0.6 is 0 Å². The van der Waals surface area contributed by atoms with Gasteiger partial charge in [0.05, 0.1) is 0 Å². The summed E-state index contributed by atoms with van der Waals surface area (Å²) in [6, 6.07) is 22.9. The van der Waals surface area contributed by atoms with E-state index in [-0.39, 0.29) is 18.4 Å². The summed E-state index contributed by atoms with van der Waals surface area (Å²) in [5.74, 6) is 0.213. The number of hydrogen-bond donors (Lipinski definition) is 1. The van der Waals surface area contributed by atoms with Gasteiger partial charge in [0, 0.05) is 20.0 Å². The summed E-state index contributed by atoms with van der Waals surface area (Å²) in [5.41, 5.74) is 5.20. The number of nitrogens with one attached hydrogen (secondary N) is 1. The Kier molecular flexibility index (Phi) is 8.25. The smallest absolute Gasteiger partial charge is 0.261 e. The third-order valence-corrected chi connectivity index (χ3v) is 5.68. The van der Waals surface area contributed by atoms with E-state index in [1.54, 1.807) is 11.9 Å². The quantitative estimate of drug-likeness (QED) is 0.533. The van der Waals surface area contributed by atoms with Gasteiger partial charge in [0.15, 0.2) is 6.61 Å². The molecular formula is C28H32N2O3. The van der Waals surface area contributed by atoms with E-state index < -0.39 is 6.04 Å². The molecule has 1 atom stereocenters. The molecule has 0 aliphatic heterocycles. The fraction of sp³-hybridized carbons (Fsp3) is 0.286. The van der Waals surface area contributed by atoms with Crippen LogP contribution in [-0.4, -0.2) is 36.4 Å². The number of benzene rings is 3.